The Morgan fingerprint density at radius 3 is 2.40 bits per heavy atom. The van der Waals surface area contributed by atoms with Gasteiger partial charge in [0.25, 0.3) is 0 Å². The number of anilines is 1. The lowest BCUT2D eigenvalue weighted by Crippen LogP contribution is -2.38. The minimum absolute atomic E-state index is 0.0852. The normalized spacial score (nSPS) is 12.2. The van der Waals surface area contributed by atoms with Crippen LogP contribution in [0.5, 0.6) is 0 Å². The lowest BCUT2D eigenvalue weighted by Gasteiger charge is -2.33. The third-order valence-electron chi connectivity index (χ3n) is 3.39. The van der Waals surface area contributed by atoms with Crippen molar-refractivity contribution in [3.8, 4) is 0 Å². The van der Waals surface area contributed by atoms with Gasteiger partial charge in [0.1, 0.15) is 5.82 Å². The monoisotopic (exact) mass is 278 g/mol. The Morgan fingerprint density at radius 1 is 1.35 bits per heavy atom. The van der Waals surface area contributed by atoms with Gasteiger partial charge in [-0.05, 0) is 30.9 Å². The minimum atomic E-state index is 0.0852. The molecular formula is C15H26N4O. The zero-order chi connectivity index (χ0) is 15.1. The summed E-state index contributed by atoms with van der Waals surface area (Å²) in [4.78, 5) is 6.82. The van der Waals surface area contributed by atoms with E-state index in [2.05, 4.69) is 42.7 Å². The molecule has 0 aliphatic rings. The summed E-state index contributed by atoms with van der Waals surface area (Å²) in [7, 11) is 0. The molecule has 0 amide bonds. The van der Waals surface area contributed by atoms with E-state index in [1.54, 1.807) is 6.20 Å². The van der Waals surface area contributed by atoms with Crippen LogP contribution in [0.4, 0.5) is 5.82 Å². The fraction of sp³-hybridized carbons (Fsp3) is 0.600. The highest BCUT2D eigenvalue weighted by Crippen LogP contribution is 2.20. The van der Waals surface area contributed by atoms with Gasteiger partial charge in [-0.15, -0.1) is 0 Å². The zero-order valence-electron chi connectivity index (χ0n) is 12.9. The Balaban J connectivity index is 3.01. The van der Waals surface area contributed by atoms with E-state index in [1.165, 1.54) is 0 Å². The van der Waals surface area contributed by atoms with Crippen LogP contribution < -0.4 is 10.6 Å². The quantitative estimate of drug-likeness (QED) is 0.348. The number of nitrogens with zero attached hydrogens (tertiary/aromatic N) is 3. The topological polar surface area (TPSA) is 74.7 Å². The van der Waals surface area contributed by atoms with Crippen molar-refractivity contribution in [1.82, 2.24) is 4.98 Å². The Morgan fingerprint density at radius 2 is 2.00 bits per heavy atom. The van der Waals surface area contributed by atoms with Gasteiger partial charge in [-0.2, -0.15) is 0 Å². The first-order valence-corrected chi connectivity index (χ1v) is 7.24. The molecule has 3 N–H and O–H groups in total. The van der Waals surface area contributed by atoms with Gasteiger partial charge >= 0.3 is 0 Å². The first kappa shape index (κ1) is 16.3. The smallest absolute Gasteiger partial charge is 0.171 e. The molecule has 0 unspecified atom stereocenters. The molecule has 0 radical (unpaired) electrons. The Bertz CT molecular complexity index is 424. The van der Waals surface area contributed by atoms with Crippen molar-refractivity contribution in [2.75, 3.05) is 11.4 Å². The van der Waals surface area contributed by atoms with Crippen LogP contribution in [0.3, 0.4) is 0 Å². The van der Waals surface area contributed by atoms with Crippen LogP contribution in [0.1, 0.15) is 46.1 Å². The second-order valence-electron chi connectivity index (χ2n) is 5.41. The fourth-order valence-electron chi connectivity index (χ4n) is 2.32. The van der Waals surface area contributed by atoms with Gasteiger partial charge in [-0.3, -0.25) is 0 Å². The van der Waals surface area contributed by atoms with E-state index in [9.17, 15) is 0 Å². The summed E-state index contributed by atoms with van der Waals surface area (Å²) in [5.41, 5.74) is 6.19. The first-order valence-electron chi connectivity index (χ1n) is 7.24. The van der Waals surface area contributed by atoms with Gasteiger partial charge in [-0.25, -0.2) is 4.98 Å². The predicted molar refractivity (Wildman–Crippen MR) is 83.3 cm³/mol. The number of rotatable bonds is 7. The molecular weight excluding hydrogens is 252 g/mol. The van der Waals surface area contributed by atoms with Crippen LogP contribution in [0, 0.1) is 5.92 Å². The maximum Gasteiger partial charge on any atom is 0.171 e. The highest BCUT2D eigenvalue weighted by molar-refractivity contribution is 5.96. The van der Waals surface area contributed by atoms with E-state index in [4.69, 9.17) is 10.9 Å². The fourth-order valence-corrected chi connectivity index (χ4v) is 2.32. The van der Waals surface area contributed by atoms with Crippen LogP contribution in [-0.2, 0) is 0 Å². The molecule has 0 saturated carbocycles. The van der Waals surface area contributed by atoms with Crippen molar-refractivity contribution >= 4 is 11.7 Å². The van der Waals surface area contributed by atoms with Crippen molar-refractivity contribution in [2.24, 2.45) is 16.8 Å². The molecule has 0 aromatic carbocycles. The molecule has 0 aliphatic carbocycles. The molecule has 112 valence electrons. The number of hydrogen-bond acceptors (Lipinski definition) is 4. The van der Waals surface area contributed by atoms with Crippen molar-refractivity contribution in [3.05, 3.63) is 23.9 Å². The molecule has 0 spiro atoms. The summed E-state index contributed by atoms with van der Waals surface area (Å²) in [5, 5.41) is 11.7. The molecule has 0 bridgehead atoms. The molecule has 20 heavy (non-hydrogen) atoms. The second kappa shape index (κ2) is 7.72. The average Bonchev–Trinajstić information content (AvgIpc) is 2.46. The maximum absolute atomic E-state index is 8.67. The molecule has 0 saturated heterocycles. The Kier molecular flexibility index (Phi) is 6.28. The van der Waals surface area contributed by atoms with Gasteiger partial charge in [-0.1, -0.05) is 32.9 Å². The van der Waals surface area contributed by atoms with E-state index in [0.717, 1.165) is 25.2 Å². The van der Waals surface area contributed by atoms with Crippen LogP contribution in [0.25, 0.3) is 0 Å². The summed E-state index contributed by atoms with van der Waals surface area (Å²) in [6, 6.07) is 4.26. The number of pyridine rings is 1. The third kappa shape index (κ3) is 4.11. The van der Waals surface area contributed by atoms with Gasteiger partial charge in [0.15, 0.2) is 5.84 Å². The van der Waals surface area contributed by atoms with Crippen molar-refractivity contribution in [3.63, 3.8) is 0 Å². The molecule has 1 rings (SSSR count). The second-order valence-corrected chi connectivity index (χ2v) is 5.41. The van der Waals surface area contributed by atoms with Crippen LogP contribution >= 0.6 is 0 Å². The van der Waals surface area contributed by atoms with Crippen molar-refractivity contribution < 1.29 is 5.21 Å². The Hall–Kier alpha value is -1.78. The number of nitrogens with two attached hydrogens (primary N) is 1. The van der Waals surface area contributed by atoms with Gasteiger partial charge in [0, 0.05) is 24.3 Å². The number of hydrogen-bond donors (Lipinski definition) is 2. The predicted octanol–water partition coefficient (Wildman–Crippen LogP) is 2.83. The minimum Gasteiger partial charge on any atom is -0.409 e. The van der Waals surface area contributed by atoms with E-state index in [-0.39, 0.29) is 5.84 Å². The number of amidine groups is 1. The van der Waals surface area contributed by atoms with Gasteiger partial charge in [0.2, 0.25) is 0 Å². The van der Waals surface area contributed by atoms with E-state index < -0.39 is 0 Å². The van der Waals surface area contributed by atoms with Gasteiger partial charge in [0.05, 0.1) is 0 Å². The largest absolute Gasteiger partial charge is 0.409 e. The molecule has 1 aromatic rings. The molecule has 0 atom stereocenters. The summed E-state index contributed by atoms with van der Waals surface area (Å²) in [6.45, 7) is 9.79. The first-order chi connectivity index (χ1) is 9.53. The van der Waals surface area contributed by atoms with Crippen LogP contribution in [0.2, 0.25) is 0 Å². The average molecular weight is 278 g/mol. The number of oxime groups is 1. The van der Waals surface area contributed by atoms with Crippen LogP contribution in [0.15, 0.2) is 23.5 Å². The molecule has 5 heteroatoms. The summed E-state index contributed by atoms with van der Waals surface area (Å²) in [6.07, 6.45) is 3.83. The highest BCUT2D eigenvalue weighted by Gasteiger charge is 2.18. The van der Waals surface area contributed by atoms with Gasteiger partial charge < -0.3 is 15.8 Å². The highest BCUT2D eigenvalue weighted by atomic mass is 16.4. The standard InChI is InChI=1S/C15H26N4O/c1-5-13(6-2)19(10-11(3)4)14-8-7-12(9-17-14)15(16)18-20/h7-9,11,13,20H,5-6,10H2,1-4H3,(H2,16,18). The van der Waals surface area contributed by atoms with E-state index in [0.29, 0.717) is 17.5 Å². The summed E-state index contributed by atoms with van der Waals surface area (Å²) < 4.78 is 0. The molecule has 1 heterocycles. The molecule has 0 aliphatic heterocycles. The third-order valence-corrected chi connectivity index (χ3v) is 3.39. The lowest BCUT2D eigenvalue weighted by atomic mass is 10.1. The molecule has 5 nitrogen and oxygen atoms in total. The van der Waals surface area contributed by atoms with E-state index in [1.807, 2.05) is 12.1 Å². The van der Waals surface area contributed by atoms with Crippen molar-refractivity contribution in [2.45, 2.75) is 46.6 Å². The maximum atomic E-state index is 8.67. The van der Waals surface area contributed by atoms with E-state index >= 15 is 0 Å². The van der Waals surface area contributed by atoms with Crippen molar-refractivity contribution in [1.29, 1.82) is 0 Å². The Labute approximate surface area is 121 Å². The molecule has 1 aromatic heterocycles. The summed E-state index contributed by atoms with van der Waals surface area (Å²) in [5.74, 6) is 1.60. The summed E-state index contributed by atoms with van der Waals surface area (Å²) >= 11 is 0. The van der Waals surface area contributed by atoms with Crippen LogP contribution in [-0.4, -0.2) is 28.6 Å². The lowest BCUT2D eigenvalue weighted by molar-refractivity contribution is 0.318. The SMILES string of the molecule is CCC(CC)N(CC(C)C)c1ccc(C(N)=NO)cn1. The molecule has 0 fully saturated rings. The number of aromatic nitrogens is 1. The zero-order valence-corrected chi connectivity index (χ0v) is 12.9.